The smallest absolute Gasteiger partial charge is 0.257 e. The fourth-order valence-electron chi connectivity index (χ4n) is 4.85. The maximum absolute atomic E-state index is 13.1. The van der Waals surface area contributed by atoms with Gasteiger partial charge >= 0.3 is 0 Å². The first-order valence-electron chi connectivity index (χ1n) is 12.2. The third kappa shape index (κ3) is 6.45. The van der Waals surface area contributed by atoms with E-state index in [-0.39, 0.29) is 10.8 Å². The number of piperidine rings is 1. The maximum Gasteiger partial charge on any atom is 0.257 e. The average molecular weight is 466 g/mol. The molecule has 32 heavy (non-hydrogen) atoms. The molecule has 1 atom stereocenters. The number of sulfonamides is 1. The SMILES string of the molecule is CCC1CCCCN1CCCNS(=O)(=O)c1ccc(OC)c(C(=O)N2CCCCCC2)c1. The molecule has 0 bridgehead atoms. The van der Waals surface area contributed by atoms with Crippen LogP contribution in [0, 0.1) is 0 Å². The number of methoxy groups -OCH3 is 1. The third-order valence-electron chi connectivity index (χ3n) is 6.74. The molecule has 0 radical (unpaired) electrons. The number of benzene rings is 1. The number of likely N-dealkylation sites (tertiary alicyclic amines) is 2. The molecule has 0 saturated carbocycles. The number of hydrogen-bond acceptors (Lipinski definition) is 5. The van der Waals surface area contributed by atoms with Crippen LogP contribution < -0.4 is 9.46 Å². The van der Waals surface area contributed by atoms with Crippen LogP contribution in [0.4, 0.5) is 0 Å². The van der Waals surface area contributed by atoms with Crippen LogP contribution in [0.5, 0.6) is 5.75 Å². The van der Waals surface area contributed by atoms with Crippen molar-refractivity contribution in [2.45, 2.75) is 75.6 Å². The minimum absolute atomic E-state index is 0.112. The molecule has 2 fully saturated rings. The Morgan fingerprint density at radius 2 is 1.81 bits per heavy atom. The van der Waals surface area contributed by atoms with E-state index < -0.39 is 10.0 Å². The van der Waals surface area contributed by atoms with E-state index in [0.717, 1.165) is 51.6 Å². The van der Waals surface area contributed by atoms with Crippen molar-refractivity contribution in [2.24, 2.45) is 0 Å². The molecule has 2 saturated heterocycles. The lowest BCUT2D eigenvalue weighted by atomic mass is 10.00. The van der Waals surface area contributed by atoms with E-state index in [4.69, 9.17) is 4.74 Å². The van der Waals surface area contributed by atoms with Crippen molar-refractivity contribution in [3.63, 3.8) is 0 Å². The fraction of sp³-hybridized carbons (Fsp3) is 0.708. The van der Waals surface area contributed by atoms with Crippen molar-refractivity contribution in [1.82, 2.24) is 14.5 Å². The van der Waals surface area contributed by atoms with Crippen LogP contribution in [0.25, 0.3) is 0 Å². The highest BCUT2D eigenvalue weighted by atomic mass is 32.2. The third-order valence-corrected chi connectivity index (χ3v) is 8.20. The van der Waals surface area contributed by atoms with Gasteiger partial charge in [-0.2, -0.15) is 0 Å². The molecule has 3 rings (SSSR count). The van der Waals surface area contributed by atoms with Crippen LogP contribution >= 0.6 is 0 Å². The van der Waals surface area contributed by atoms with E-state index >= 15 is 0 Å². The molecule has 2 aliphatic rings. The van der Waals surface area contributed by atoms with Crippen molar-refractivity contribution in [1.29, 1.82) is 0 Å². The van der Waals surface area contributed by atoms with E-state index in [1.54, 1.807) is 6.07 Å². The number of amides is 1. The second-order valence-electron chi connectivity index (χ2n) is 8.91. The minimum Gasteiger partial charge on any atom is -0.496 e. The summed E-state index contributed by atoms with van der Waals surface area (Å²) in [5.41, 5.74) is 0.316. The maximum atomic E-state index is 13.1. The number of carbonyl (C=O) groups is 1. The summed E-state index contributed by atoms with van der Waals surface area (Å²) < 4.78 is 33.9. The summed E-state index contributed by atoms with van der Waals surface area (Å²) in [6.45, 7) is 6.02. The number of ether oxygens (including phenoxy) is 1. The first-order chi connectivity index (χ1) is 15.5. The molecule has 2 heterocycles. The molecule has 8 heteroatoms. The summed E-state index contributed by atoms with van der Waals surface area (Å²) in [6.07, 6.45) is 9.86. The minimum atomic E-state index is -3.70. The Morgan fingerprint density at radius 1 is 1.09 bits per heavy atom. The predicted molar refractivity (Wildman–Crippen MR) is 127 cm³/mol. The Labute approximate surface area is 193 Å². The van der Waals surface area contributed by atoms with Gasteiger partial charge < -0.3 is 14.5 Å². The molecular formula is C24H39N3O4S. The topological polar surface area (TPSA) is 79.0 Å². The zero-order chi connectivity index (χ0) is 23.0. The predicted octanol–water partition coefficient (Wildman–Crippen LogP) is 3.64. The largest absolute Gasteiger partial charge is 0.496 e. The molecule has 7 nitrogen and oxygen atoms in total. The highest BCUT2D eigenvalue weighted by Crippen LogP contribution is 2.25. The van der Waals surface area contributed by atoms with Gasteiger partial charge in [-0.25, -0.2) is 13.1 Å². The van der Waals surface area contributed by atoms with Crippen LogP contribution in [-0.4, -0.2) is 70.0 Å². The van der Waals surface area contributed by atoms with E-state index in [1.807, 2.05) is 4.90 Å². The van der Waals surface area contributed by atoms with Gasteiger partial charge in [0.1, 0.15) is 5.75 Å². The monoisotopic (exact) mass is 465 g/mol. The number of nitrogens with zero attached hydrogens (tertiary/aromatic N) is 2. The van der Waals surface area contributed by atoms with Crippen molar-refractivity contribution in [3.8, 4) is 5.75 Å². The van der Waals surface area contributed by atoms with Gasteiger partial charge in [-0.3, -0.25) is 4.79 Å². The van der Waals surface area contributed by atoms with Crippen molar-refractivity contribution in [3.05, 3.63) is 23.8 Å². The summed E-state index contributed by atoms with van der Waals surface area (Å²) >= 11 is 0. The quantitative estimate of drug-likeness (QED) is 0.563. The molecule has 0 aliphatic carbocycles. The van der Waals surface area contributed by atoms with E-state index in [0.29, 0.717) is 37.0 Å². The van der Waals surface area contributed by atoms with Crippen molar-refractivity contribution >= 4 is 15.9 Å². The lowest BCUT2D eigenvalue weighted by Crippen LogP contribution is -2.40. The average Bonchev–Trinajstić information content (AvgIpc) is 3.11. The zero-order valence-electron chi connectivity index (χ0n) is 19.6. The number of nitrogens with one attached hydrogen (secondary N) is 1. The van der Waals surface area contributed by atoms with Gasteiger partial charge in [-0.05, 0) is 69.8 Å². The summed E-state index contributed by atoms with van der Waals surface area (Å²) in [4.78, 5) is 17.5. The van der Waals surface area contributed by atoms with Crippen molar-refractivity contribution < 1.29 is 17.9 Å². The van der Waals surface area contributed by atoms with Gasteiger partial charge in [0.25, 0.3) is 5.91 Å². The highest BCUT2D eigenvalue weighted by Gasteiger charge is 2.24. The summed E-state index contributed by atoms with van der Waals surface area (Å²) in [6, 6.07) is 5.18. The number of carbonyl (C=O) groups excluding carboxylic acids is 1. The summed E-state index contributed by atoms with van der Waals surface area (Å²) in [5, 5.41) is 0. The highest BCUT2D eigenvalue weighted by molar-refractivity contribution is 7.89. The van der Waals surface area contributed by atoms with Gasteiger partial charge in [-0.1, -0.05) is 26.2 Å². The molecule has 180 valence electrons. The normalized spacial score (nSPS) is 20.7. The van der Waals surface area contributed by atoms with Crippen LogP contribution in [-0.2, 0) is 10.0 Å². The van der Waals surface area contributed by atoms with Crippen LogP contribution in [0.1, 0.15) is 75.1 Å². The second-order valence-corrected chi connectivity index (χ2v) is 10.7. The van der Waals surface area contributed by atoms with E-state index in [2.05, 4.69) is 16.5 Å². The lowest BCUT2D eigenvalue weighted by Gasteiger charge is -2.35. The Bertz CT molecular complexity index is 851. The Morgan fingerprint density at radius 3 is 2.50 bits per heavy atom. The zero-order valence-corrected chi connectivity index (χ0v) is 20.5. The van der Waals surface area contributed by atoms with Crippen LogP contribution in [0.3, 0.4) is 0 Å². The molecule has 2 aliphatic heterocycles. The molecular weight excluding hydrogens is 426 g/mol. The Hall–Kier alpha value is -1.64. The van der Waals surface area contributed by atoms with Gasteiger partial charge in [0.05, 0.1) is 17.6 Å². The first kappa shape index (κ1) is 25.0. The molecule has 1 amide bonds. The molecule has 1 N–H and O–H groups in total. The summed E-state index contributed by atoms with van der Waals surface area (Å²) in [5.74, 6) is 0.255. The molecule has 0 aromatic heterocycles. The Balaban J connectivity index is 1.64. The molecule has 1 aromatic carbocycles. The number of rotatable bonds is 9. The molecule has 1 unspecified atom stereocenters. The van der Waals surface area contributed by atoms with Gasteiger partial charge in [0.15, 0.2) is 0 Å². The molecule has 0 spiro atoms. The van der Waals surface area contributed by atoms with Crippen molar-refractivity contribution in [2.75, 3.05) is 39.8 Å². The fourth-order valence-corrected chi connectivity index (χ4v) is 5.95. The van der Waals surface area contributed by atoms with Crippen LogP contribution in [0.2, 0.25) is 0 Å². The Kier molecular flexibility index (Phi) is 9.37. The number of hydrogen-bond donors (Lipinski definition) is 1. The van der Waals surface area contributed by atoms with Gasteiger partial charge in [0.2, 0.25) is 10.0 Å². The lowest BCUT2D eigenvalue weighted by molar-refractivity contribution is 0.0758. The van der Waals surface area contributed by atoms with Crippen LogP contribution in [0.15, 0.2) is 23.1 Å². The standard InChI is InChI=1S/C24H39N3O4S/c1-3-20-11-6-9-15-26(20)18-10-14-25-32(29,30)21-12-13-23(31-2)22(19-21)24(28)27-16-7-4-5-8-17-27/h12-13,19-20,25H,3-11,14-18H2,1-2H3. The molecule has 1 aromatic rings. The second kappa shape index (κ2) is 12.0. The van der Waals surface area contributed by atoms with E-state index in [9.17, 15) is 13.2 Å². The van der Waals surface area contributed by atoms with E-state index in [1.165, 1.54) is 38.5 Å². The first-order valence-corrected chi connectivity index (χ1v) is 13.7. The van der Waals surface area contributed by atoms with Gasteiger partial charge in [-0.15, -0.1) is 0 Å². The summed E-state index contributed by atoms with van der Waals surface area (Å²) in [7, 11) is -2.19. The van der Waals surface area contributed by atoms with Gasteiger partial charge in [0, 0.05) is 25.7 Å².